The maximum absolute atomic E-state index is 13.9. The van der Waals surface area contributed by atoms with Gasteiger partial charge in [-0.2, -0.15) is 0 Å². The van der Waals surface area contributed by atoms with E-state index >= 15 is 0 Å². The molecule has 88 valence electrons. The third kappa shape index (κ3) is 1.92. The van der Waals surface area contributed by atoms with Crippen molar-refractivity contribution in [3.8, 4) is 5.75 Å². The van der Waals surface area contributed by atoms with Crippen molar-refractivity contribution >= 4 is 0 Å². The van der Waals surface area contributed by atoms with Crippen molar-refractivity contribution in [1.82, 2.24) is 0 Å². The molecule has 3 heteroatoms. The molecule has 1 aromatic carbocycles. The van der Waals surface area contributed by atoms with Gasteiger partial charge in [0.1, 0.15) is 0 Å². The van der Waals surface area contributed by atoms with Gasteiger partial charge in [-0.15, -0.1) is 0 Å². The van der Waals surface area contributed by atoms with E-state index in [4.69, 9.17) is 4.74 Å². The Morgan fingerprint density at radius 2 is 2.19 bits per heavy atom. The molecule has 0 aromatic heterocycles. The van der Waals surface area contributed by atoms with Crippen molar-refractivity contribution in [2.24, 2.45) is 5.41 Å². The van der Waals surface area contributed by atoms with Gasteiger partial charge in [0.25, 0.3) is 0 Å². The molecule has 1 N–H and O–H groups in total. The largest absolute Gasteiger partial charge is 0.494 e. The van der Waals surface area contributed by atoms with Gasteiger partial charge < -0.3 is 9.84 Å². The fourth-order valence-corrected chi connectivity index (χ4v) is 2.32. The number of hydrogen-bond acceptors (Lipinski definition) is 2. The molecule has 0 amide bonds. The first-order chi connectivity index (χ1) is 7.71. The Labute approximate surface area is 95.1 Å². The van der Waals surface area contributed by atoms with Crippen molar-refractivity contribution in [1.29, 1.82) is 0 Å². The minimum Gasteiger partial charge on any atom is -0.494 e. The van der Waals surface area contributed by atoms with E-state index in [9.17, 15) is 9.50 Å². The van der Waals surface area contributed by atoms with Gasteiger partial charge in [-0.25, -0.2) is 4.39 Å². The second-order valence-corrected chi connectivity index (χ2v) is 4.62. The van der Waals surface area contributed by atoms with Crippen LogP contribution in [0.3, 0.4) is 0 Å². The van der Waals surface area contributed by atoms with Gasteiger partial charge in [-0.05, 0) is 36.3 Å². The first kappa shape index (κ1) is 11.4. The Bertz CT molecular complexity index is 367. The summed E-state index contributed by atoms with van der Waals surface area (Å²) in [6, 6.07) is 5.18. The highest BCUT2D eigenvalue weighted by Crippen LogP contribution is 2.43. The number of ether oxygens (including phenoxy) is 1. The number of halogens is 1. The van der Waals surface area contributed by atoms with Gasteiger partial charge in [-0.3, -0.25) is 0 Å². The summed E-state index contributed by atoms with van der Waals surface area (Å²) in [5, 5.41) is 9.36. The van der Waals surface area contributed by atoms with Gasteiger partial charge in [-0.1, -0.05) is 18.6 Å². The average molecular weight is 224 g/mol. The molecule has 0 unspecified atom stereocenters. The van der Waals surface area contributed by atoms with E-state index in [0.29, 0.717) is 12.0 Å². The molecule has 1 aliphatic carbocycles. The first-order valence-corrected chi connectivity index (χ1v) is 5.63. The second-order valence-electron chi connectivity index (χ2n) is 4.62. The smallest absolute Gasteiger partial charge is 0.168 e. The highest BCUT2D eigenvalue weighted by Gasteiger charge is 2.37. The summed E-state index contributed by atoms with van der Waals surface area (Å²) < 4.78 is 18.8. The molecule has 0 aliphatic heterocycles. The summed E-state index contributed by atoms with van der Waals surface area (Å²) in [7, 11) is 1.47. The SMILES string of the molecule is COc1cccc(CC2(CO)CCC2)c1F. The molecule has 1 saturated carbocycles. The van der Waals surface area contributed by atoms with E-state index in [-0.39, 0.29) is 23.6 Å². The van der Waals surface area contributed by atoms with Crippen LogP contribution >= 0.6 is 0 Å². The molecule has 0 bridgehead atoms. The summed E-state index contributed by atoms with van der Waals surface area (Å²) in [4.78, 5) is 0. The van der Waals surface area contributed by atoms with E-state index in [1.165, 1.54) is 7.11 Å². The molecule has 0 atom stereocenters. The zero-order valence-electron chi connectivity index (χ0n) is 9.50. The second kappa shape index (κ2) is 4.42. The molecule has 2 rings (SSSR count). The fraction of sp³-hybridized carbons (Fsp3) is 0.538. The average Bonchev–Trinajstić information content (AvgIpc) is 2.25. The standard InChI is InChI=1S/C13H17FO2/c1-16-11-5-2-4-10(12(11)14)8-13(9-15)6-3-7-13/h2,4-5,15H,3,6-9H2,1H3. The van der Waals surface area contributed by atoms with Gasteiger partial charge in [0.2, 0.25) is 0 Å². The normalized spacial score (nSPS) is 17.9. The fourth-order valence-electron chi connectivity index (χ4n) is 2.32. The lowest BCUT2D eigenvalue weighted by molar-refractivity contribution is 0.0441. The number of aliphatic hydroxyl groups is 1. The summed E-state index contributed by atoms with van der Waals surface area (Å²) in [6.07, 6.45) is 3.71. The van der Waals surface area contributed by atoms with E-state index in [2.05, 4.69) is 0 Å². The molecule has 2 nitrogen and oxygen atoms in total. The molecule has 1 aliphatic rings. The lowest BCUT2D eigenvalue weighted by Crippen LogP contribution is -2.35. The van der Waals surface area contributed by atoms with Crippen molar-refractivity contribution in [2.45, 2.75) is 25.7 Å². The van der Waals surface area contributed by atoms with Crippen molar-refractivity contribution in [2.75, 3.05) is 13.7 Å². The van der Waals surface area contributed by atoms with Crippen LogP contribution in [0.25, 0.3) is 0 Å². The van der Waals surface area contributed by atoms with Crippen LogP contribution in [0.5, 0.6) is 5.75 Å². The molecule has 0 saturated heterocycles. The molecule has 0 heterocycles. The molecule has 0 spiro atoms. The van der Waals surface area contributed by atoms with Crippen LogP contribution in [0.15, 0.2) is 18.2 Å². The van der Waals surface area contributed by atoms with Crippen molar-refractivity contribution in [3.05, 3.63) is 29.6 Å². The lowest BCUT2D eigenvalue weighted by Gasteiger charge is -2.40. The maximum Gasteiger partial charge on any atom is 0.168 e. The Balaban J connectivity index is 2.21. The molecular formula is C13H17FO2. The van der Waals surface area contributed by atoms with Crippen LogP contribution in [0, 0.1) is 11.2 Å². The third-order valence-electron chi connectivity index (χ3n) is 3.58. The van der Waals surface area contributed by atoms with Crippen LogP contribution in [0.2, 0.25) is 0 Å². The quantitative estimate of drug-likeness (QED) is 0.851. The van der Waals surface area contributed by atoms with Gasteiger partial charge in [0.05, 0.1) is 7.11 Å². The number of hydrogen-bond donors (Lipinski definition) is 1. The topological polar surface area (TPSA) is 29.5 Å². The highest BCUT2D eigenvalue weighted by atomic mass is 19.1. The van der Waals surface area contributed by atoms with Crippen LogP contribution < -0.4 is 4.74 Å². The predicted octanol–water partition coefficient (Wildman–Crippen LogP) is 2.54. The minimum atomic E-state index is -0.287. The summed E-state index contributed by atoms with van der Waals surface area (Å²) in [5.74, 6) is -0.00496. The summed E-state index contributed by atoms with van der Waals surface area (Å²) in [5.41, 5.74) is 0.556. The molecule has 1 fully saturated rings. The minimum absolute atomic E-state index is 0.0901. The zero-order valence-corrected chi connectivity index (χ0v) is 9.50. The third-order valence-corrected chi connectivity index (χ3v) is 3.58. The van der Waals surface area contributed by atoms with Gasteiger partial charge in [0.15, 0.2) is 11.6 Å². The summed E-state index contributed by atoms with van der Waals surface area (Å²) >= 11 is 0. The Hall–Kier alpha value is -1.09. The van der Waals surface area contributed by atoms with Gasteiger partial charge >= 0.3 is 0 Å². The van der Waals surface area contributed by atoms with E-state index in [0.717, 1.165) is 19.3 Å². The molecule has 1 aromatic rings. The number of benzene rings is 1. The van der Waals surface area contributed by atoms with Crippen LogP contribution in [-0.2, 0) is 6.42 Å². The van der Waals surface area contributed by atoms with Crippen LogP contribution in [-0.4, -0.2) is 18.8 Å². The Morgan fingerprint density at radius 3 is 2.69 bits per heavy atom. The molecular weight excluding hydrogens is 207 g/mol. The number of rotatable bonds is 4. The Kier molecular flexibility index (Phi) is 3.15. The molecule has 16 heavy (non-hydrogen) atoms. The first-order valence-electron chi connectivity index (χ1n) is 5.63. The maximum atomic E-state index is 13.9. The predicted molar refractivity (Wildman–Crippen MR) is 60.0 cm³/mol. The number of methoxy groups -OCH3 is 1. The number of aliphatic hydroxyl groups excluding tert-OH is 1. The van der Waals surface area contributed by atoms with Crippen molar-refractivity contribution < 1.29 is 14.2 Å². The zero-order chi connectivity index (χ0) is 11.6. The molecule has 0 radical (unpaired) electrons. The van der Waals surface area contributed by atoms with E-state index in [1.807, 2.05) is 0 Å². The van der Waals surface area contributed by atoms with E-state index in [1.54, 1.807) is 18.2 Å². The lowest BCUT2D eigenvalue weighted by atomic mass is 9.66. The monoisotopic (exact) mass is 224 g/mol. The van der Waals surface area contributed by atoms with Gasteiger partial charge in [0, 0.05) is 6.61 Å². The summed E-state index contributed by atoms with van der Waals surface area (Å²) in [6.45, 7) is 0.143. The van der Waals surface area contributed by atoms with Crippen LogP contribution in [0.1, 0.15) is 24.8 Å². The Morgan fingerprint density at radius 1 is 1.44 bits per heavy atom. The van der Waals surface area contributed by atoms with Crippen molar-refractivity contribution in [3.63, 3.8) is 0 Å². The van der Waals surface area contributed by atoms with Crippen LogP contribution in [0.4, 0.5) is 4.39 Å². The highest BCUT2D eigenvalue weighted by molar-refractivity contribution is 5.32. The van der Waals surface area contributed by atoms with E-state index < -0.39 is 0 Å².